The molecule has 120 valence electrons. The van der Waals surface area contributed by atoms with Crippen molar-refractivity contribution in [2.24, 2.45) is 5.10 Å². The zero-order valence-corrected chi connectivity index (χ0v) is 13.7. The largest absolute Gasteiger partial charge is 0.507 e. The number of nitrogens with one attached hydrogen (secondary N) is 1. The molecule has 7 heteroatoms. The summed E-state index contributed by atoms with van der Waals surface area (Å²) in [7, 11) is 0. The van der Waals surface area contributed by atoms with Crippen molar-refractivity contribution in [1.29, 1.82) is 0 Å². The maximum atomic E-state index is 11.9. The van der Waals surface area contributed by atoms with Gasteiger partial charge in [0.25, 0.3) is 5.91 Å². The second-order valence-electron chi connectivity index (χ2n) is 4.65. The lowest BCUT2D eigenvalue weighted by Gasteiger charge is -2.12. The number of phenols is 1. The highest BCUT2D eigenvalue weighted by Crippen LogP contribution is 2.19. The Hall–Kier alpha value is -2.24. The van der Waals surface area contributed by atoms with Crippen LogP contribution in [-0.2, 0) is 4.79 Å². The Morgan fingerprint density at radius 2 is 1.87 bits per heavy atom. The van der Waals surface area contributed by atoms with E-state index in [-0.39, 0.29) is 5.75 Å². The third-order valence-electron chi connectivity index (χ3n) is 2.86. The van der Waals surface area contributed by atoms with E-state index in [9.17, 15) is 9.90 Å². The number of nitrogens with zero attached hydrogens (tertiary/aromatic N) is 1. The zero-order chi connectivity index (χ0) is 16.8. The number of hydrogen-bond acceptors (Lipinski definition) is 4. The Kier molecular flexibility index (Phi) is 5.84. The first kappa shape index (κ1) is 17.1. The lowest BCUT2D eigenvalue weighted by molar-refractivity contribution is -0.127. The minimum atomic E-state index is -0.749. The van der Waals surface area contributed by atoms with E-state index in [1.54, 1.807) is 37.3 Å². The highest BCUT2D eigenvalue weighted by atomic mass is 35.5. The van der Waals surface area contributed by atoms with Crippen LogP contribution >= 0.6 is 23.2 Å². The average Bonchev–Trinajstić information content (AvgIpc) is 2.52. The van der Waals surface area contributed by atoms with Gasteiger partial charge in [0.1, 0.15) is 11.5 Å². The maximum absolute atomic E-state index is 11.9. The Balaban J connectivity index is 1.92. The number of benzene rings is 2. The summed E-state index contributed by atoms with van der Waals surface area (Å²) in [6.45, 7) is 1.59. The van der Waals surface area contributed by atoms with Crippen LogP contribution in [0.1, 0.15) is 12.5 Å². The number of carbonyl (C=O) groups is 1. The lowest BCUT2D eigenvalue weighted by atomic mass is 10.2. The van der Waals surface area contributed by atoms with Gasteiger partial charge in [0.05, 0.1) is 6.21 Å². The van der Waals surface area contributed by atoms with Gasteiger partial charge in [-0.1, -0.05) is 23.2 Å². The van der Waals surface area contributed by atoms with Crippen LogP contribution < -0.4 is 10.2 Å². The molecule has 0 aliphatic rings. The summed E-state index contributed by atoms with van der Waals surface area (Å²) in [6, 6.07) is 11.2. The smallest absolute Gasteiger partial charge is 0.280 e. The van der Waals surface area contributed by atoms with E-state index >= 15 is 0 Å². The summed E-state index contributed by atoms with van der Waals surface area (Å²) in [5, 5.41) is 14.4. The van der Waals surface area contributed by atoms with Crippen LogP contribution in [-0.4, -0.2) is 23.3 Å². The van der Waals surface area contributed by atoms with E-state index in [1.165, 1.54) is 18.3 Å². The molecule has 2 rings (SSSR count). The van der Waals surface area contributed by atoms with Crippen LogP contribution in [0.2, 0.25) is 10.0 Å². The van der Waals surface area contributed by atoms with Gasteiger partial charge in [-0.25, -0.2) is 5.43 Å². The van der Waals surface area contributed by atoms with E-state index in [4.69, 9.17) is 27.9 Å². The third-order valence-corrected chi connectivity index (χ3v) is 3.35. The van der Waals surface area contributed by atoms with Gasteiger partial charge in [-0.2, -0.15) is 5.10 Å². The van der Waals surface area contributed by atoms with E-state index in [1.807, 2.05) is 0 Å². The normalized spacial score (nSPS) is 12.1. The molecule has 0 aliphatic carbocycles. The quantitative estimate of drug-likeness (QED) is 0.637. The zero-order valence-electron chi connectivity index (χ0n) is 12.2. The molecule has 2 aromatic carbocycles. The first-order valence-corrected chi connectivity index (χ1v) is 7.45. The molecule has 2 N–H and O–H groups in total. The van der Waals surface area contributed by atoms with Crippen LogP contribution in [0.25, 0.3) is 0 Å². The molecule has 5 nitrogen and oxygen atoms in total. The number of hydrogen-bond donors (Lipinski definition) is 2. The van der Waals surface area contributed by atoms with E-state index in [0.29, 0.717) is 21.4 Å². The molecule has 0 aliphatic heterocycles. The van der Waals surface area contributed by atoms with Crippen LogP contribution in [0.3, 0.4) is 0 Å². The molecule has 1 atom stereocenters. The summed E-state index contributed by atoms with van der Waals surface area (Å²) in [6.07, 6.45) is 0.551. The highest BCUT2D eigenvalue weighted by molar-refractivity contribution is 6.31. The van der Waals surface area contributed by atoms with Gasteiger partial charge in [-0.3, -0.25) is 4.79 Å². The molecular formula is C16H14Cl2N2O3. The minimum absolute atomic E-state index is 0.0119. The summed E-state index contributed by atoms with van der Waals surface area (Å²) in [5.41, 5.74) is 2.73. The Morgan fingerprint density at radius 1 is 1.22 bits per heavy atom. The van der Waals surface area contributed by atoms with Crippen LogP contribution in [0.15, 0.2) is 47.6 Å². The molecule has 0 saturated heterocycles. The van der Waals surface area contributed by atoms with Crippen molar-refractivity contribution in [3.8, 4) is 11.5 Å². The van der Waals surface area contributed by atoms with Gasteiger partial charge < -0.3 is 9.84 Å². The van der Waals surface area contributed by atoms with Crippen LogP contribution in [0.5, 0.6) is 11.5 Å². The fourth-order valence-corrected chi connectivity index (χ4v) is 1.96. The number of hydrazone groups is 1. The molecule has 0 saturated carbocycles. The van der Waals surface area contributed by atoms with Gasteiger partial charge >= 0.3 is 0 Å². The monoisotopic (exact) mass is 352 g/mol. The summed E-state index contributed by atoms with van der Waals surface area (Å²) in [4.78, 5) is 11.9. The Morgan fingerprint density at radius 3 is 2.57 bits per heavy atom. The fourth-order valence-electron chi connectivity index (χ4n) is 1.66. The van der Waals surface area contributed by atoms with Crippen molar-refractivity contribution in [3.63, 3.8) is 0 Å². The fraction of sp³-hybridized carbons (Fsp3) is 0.125. The maximum Gasteiger partial charge on any atom is 0.280 e. The van der Waals surface area contributed by atoms with Crippen molar-refractivity contribution in [1.82, 2.24) is 5.43 Å². The standard InChI is InChI=1S/C16H14Cl2N2O3/c1-10(23-14-5-2-12(17)3-6-14)16(22)20-19-9-11-8-13(18)4-7-15(11)21/h2-10,21H,1H3,(H,20,22). The van der Waals surface area contributed by atoms with Gasteiger partial charge in [0.15, 0.2) is 6.10 Å². The van der Waals surface area contributed by atoms with Crippen LogP contribution in [0.4, 0.5) is 0 Å². The predicted octanol–water partition coefficient (Wildman–Crippen LogP) is 3.62. The Bertz CT molecular complexity index is 718. The highest BCUT2D eigenvalue weighted by Gasteiger charge is 2.13. The number of phenolic OH excluding ortho intramolecular Hbond substituents is 1. The first-order chi connectivity index (χ1) is 11.0. The van der Waals surface area contributed by atoms with Crippen molar-refractivity contribution >= 4 is 35.3 Å². The van der Waals surface area contributed by atoms with Gasteiger partial charge in [0.2, 0.25) is 0 Å². The number of aromatic hydroxyl groups is 1. The van der Waals surface area contributed by atoms with Crippen molar-refractivity contribution in [2.45, 2.75) is 13.0 Å². The molecule has 1 amide bonds. The number of ether oxygens (including phenoxy) is 1. The summed E-state index contributed by atoms with van der Waals surface area (Å²) >= 11 is 11.6. The van der Waals surface area contributed by atoms with Crippen LogP contribution in [0, 0.1) is 0 Å². The molecule has 0 heterocycles. The molecule has 0 radical (unpaired) electrons. The third kappa shape index (κ3) is 5.16. The number of rotatable bonds is 5. The molecule has 23 heavy (non-hydrogen) atoms. The molecule has 2 aromatic rings. The second kappa shape index (κ2) is 7.85. The average molecular weight is 353 g/mol. The SMILES string of the molecule is CC(Oc1ccc(Cl)cc1)C(=O)NN=Cc1cc(Cl)ccc1O. The minimum Gasteiger partial charge on any atom is -0.507 e. The summed E-state index contributed by atoms with van der Waals surface area (Å²) in [5.74, 6) is 0.101. The van der Waals surface area contributed by atoms with E-state index < -0.39 is 12.0 Å². The van der Waals surface area contributed by atoms with Gasteiger partial charge in [-0.05, 0) is 49.4 Å². The van der Waals surface area contributed by atoms with Gasteiger partial charge in [-0.15, -0.1) is 0 Å². The summed E-state index contributed by atoms with van der Waals surface area (Å²) < 4.78 is 5.46. The van der Waals surface area contributed by atoms with E-state index in [0.717, 1.165) is 0 Å². The lowest BCUT2D eigenvalue weighted by Crippen LogP contribution is -2.33. The molecule has 0 spiro atoms. The van der Waals surface area contributed by atoms with Gasteiger partial charge in [0, 0.05) is 15.6 Å². The molecule has 1 unspecified atom stereocenters. The number of amides is 1. The number of carbonyl (C=O) groups excluding carboxylic acids is 1. The molecular weight excluding hydrogens is 339 g/mol. The predicted molar refractivity (Wildman–Crippen MR) is 90.4 cm³/mol. The number of halogens is 2. The first-order valence-electron chi connectivity index (χ1n) is 6.69. The molecule has 0 bridgehead atoms. The molecule has 0 fully saturated rings. The van der Waals surface area contributed by atoms with E-state index in [2.05, 4.69) is 10.5 Å². The topological polar surface area (TPSA) is 70.9 Å². The van der Waals surface area contributed by atoms with Crippen molar-refractivity contribution < 1.29 is 14.6 Å². The second-order valence-corrected chi connectivity index (χ2v) is 5.52. The molecule has 0 aromatic heterocycles. The van der Waals surface area contributed by atoms with Crippen molar-refractivity contribution in [3.05, 3.63) is 58.1 Å². The van der Waals surface area contributed by atoms with Crippen molar-refractivity contribution in [2.75, 3.05) is 0 Å². The Labute approximate surface area is 143 Å².